The van der Waals surface area contributed by atoms with Crippen molar-refractivity contribution in [1.82, 2.24) is 4.98 Å². The van der Waals surface area contributed by atoms with Crippen LogP contribution in [0.25, 0.3) is 0 Å². The summed E-state index contributed by atoms with van der Waals surface area (Å²) in [6.45, 7) is 3.99. The summed E-state index contributed by atoms with van der Waals surface area (Å²) in [6.07, 6.45) is 6.86. The van der Waals surface area contributed by atoms with Crippen LogP contribution in [-0.2, 0) is 4.74 Å². The van der Waals surface area contributed by atoms with Gasteiger partial charge in [0.15, 0.2) is 0 Å². The van der Waals surface area contributed by atoms with Crippen LogP contribution in [0.3, 0.4) is 0 Å². The molecule has 0 amide bonds. The van der Waals surface area contributed by atoms with E-state index in [1.54, 1.807) is 19.5 Å². The zero-order valence-electron chi connectivity index (χ0n) is 11.3. The minimum Gasteiger partial charge on any atom is -0.489 e. The van der Waals surface area contributed by atoms with Crippen LogP contribution in [0.1, 0.15) is 44.7 Å². The highest BCUT2D eigenvalue weighted by atomic mass is 16.5. The molecule has 1 unspecified atom stereocenters. The predicted molar refractivity (Wildman–Crippen MR) is 70.5 cm³/mol. The molecular formula is C14H22N2O2. The largest absolute Gasteiger partial charge is 0.489 e. The van der Waals surface area contributed by atoms with Crippen molar-refractivity contribution >= 4 is 0 Å². The zero-order valence-corrected chi connectivity index (χ0v) is 11.3. The summed E-state index contributed by atoms with van der Waals surface area (Å²) in [6, 6.07) is 1.83. The van der Waals surface area contributed by atoms with Gasteiger partial charge in [-0.05, 0) is 44.7 Å². The summed E-state index contributed by atoms with van der Waals surface area (Å²) in [5.74, 6) is 0.767. The molecule has 1 aliphatic carbocycles. The van der Waals surface area contributed by atoms with Gasteiger partial charge in [0, 0.05) is 13.3 Å². The lowest BCUT2D eigenvalue weighted by atomic mass is 9.73. The molecule has 0 aliphatic heterocycles. The summed E-state index contributed by atoms with van der Waals surface area (Å²) >= 11 is 0. The number of ether oxygens (including phenoxy) is 2. The molecule has 2 rings (SSSR count). The number of rotatable bonds is 5. The summed E-state index contributed by atoms with van der Waals surface area (Å²) < 4.78 is 11.3. The van der Waals surface area contributed by atoms with Crippen molar-refractivity contribution in [1.29, 1.82) is 0 Å². The number of aromatic nitrogens is 1. The van der Waals surface area contributed by atoms with Crippen LogP contribution in [0.15, 0.2) is 18.5 Å². The molecule has 0 radical (unpaired) electrons. The first-order valence-electron chi connectivity index (χ1n) is 6.50. The molecule has 0 saturated heterocycles. The fourth-order valence-corrected chi connectivity index (χ4v) is 2.41. The van der Waals surface area contributed by atoms with Crippen molar-refractivity contribution in [3.8, 4) is 5.75 Å². The van der Waals surface area contributed by atoms with Crippen LogP contribution in [0, 0.1) is 0 Å². The van der Waals surface area contributed by atoms with Crippen LogP contribution in [0.5, 0.6) is 5.75 Å². The average molecular weight is 250 g/mol. The molecule has 4 nitrogen and oxygen atoms in total. The molecule has 4 heteroatoms. The van der Waals surface area contributed by atoms with E-state index in [0.717, 1.165) is 24.2 Å². The molecule has 1 aromatic rings. The van der Waals surface area contributed by atoms with E-state index >= 15 is 0 Å². The third kappa shape index (κ3) is 2.49. The highest BCUT2D eigenvalue weighted by Crippen LogP contribution is 2.43. The molecule has 100 valence electrons. The van der Waals surface area contributed by atoms with Crippen LogP contribution < -0.4 is 10.5 Å². The first kappa shape index (κ1) is 13.3. The lowest BCUT2D eigenvalue weighted by Crippen LogP contribution is -2.48. The second-order valence-electron chi connectivity index (χ2n) is 5.22. The van der Waals surface area contributed by atoms with Crippen molar-refractivity contribution in [3.63, 3.8) is 0 Å². The van der Waals surface area contributed by atoms with Crippen molar-refractivity contribution in [2.75, 3.05) is 7.11 Å². The molecule has 1 heterocycles. The smallest absolute Gasteiger partial charge is 0.138 e. The quantitative estimate of drug-likeness (QED) is 0.872. The van der Waals surface area contributed by atoms with Gasteiger partial charge in [0.25, 0.3) is 0 Å². The van der Waals surface area contributed by atoms with E-state index < -0.39 is 0 Å². The van der Waals surface area contributed by atoms with Crippen molar-refractivity contribution in [2.24, 2.45) is 5.73 Å². The maximum atomic E-state index is 6.32. The Balaban J connectivity index is 2.17. The average Bonchev–Trinajstić information content (AvgIpc) is 2.27. The molecule has 0 bridgehead atoms. The topological polar surface area (TPSA) is 57.4 Å². The lowest BCUT2D eigenvalue weighted by molar-refractivity contribution is -0.0912. The van der Waals surface area contributed by atoms with Crippen LogP contribution >= 0.6 is 0 Å². The first-order valence-corrected chi connectivity index (χ1v) is 6.50. The number of pyridine rings is 1. The van der Waals surface area contributed by atoms with Gasteiger partial charge in [-0.1, -0.05) is 0 Å². The van der Waals surface area contributed by atoms with Crippen LogP contribution in [0.2, 0.25) is 0 Å². The van der Waals surface area contributed by atoms with E-state index in [0.29, 0.717) is 0 Å². The molecule has 1 fully saturated rings. The molecule has 2 N–H and O–H groups in total. The minimum atomic E-state index is -0.210. The van der Waals surface area contributed by atoms with E-state index in [1.165, 1.54) is 6.42 Å². The molecule has 18 heavy (non-hydrogen) atoms. The highest BCUT2D eigenvalue weighted by Gasteiger charge is 2.43. The fourth-order valence-electron chi connectivity index (χ4n) is 2.41. The minimum absolute atomic E-state index is 0.137. The van der Waals surface area contributed by atoms with Gasteiger partial charge in [-0.2, -0.15) is 0 Å². The van der Waals surface area contributed by atoms with Crippen molar-refractivity contribution in [2.45, 2.75) is 50.9 Å². The number of hydrogen-bond acceptors (Lipinski definition) is 4. The number of hydrogen-bond donors (Lipinski definition) is 1. The summed E-state index contributed by atoms with van der Waals surface area (Å²) in [7, 11) is 1.74. The Bertz CT molecular complexity index is 397. The summed E-state index contributed by atoms with van der Waals surface area (Å²) in [5, 5.41) is 0. The SMILES string of the molecule is COC1(C(N)c2cncc(OC(C)C)c2)CCC1. The molecule has 0 aromatic carbocycles. The van der Waals surface area contributed by atoms with Gasteiger partial charge in [-0.15, -0.1) is 0 Å². The van der Waals surface area contributed by atoms with Gasteiger partial charge in [0.05, 0.1) is 23.9 Å². The molecule has 1 aliphatic rings. The third-order valence-corrected chi connectivity index (χ3v) is 3.64. The molecular weight excluding hydrogens is 228 g/mol. The normalized spacial score (nSPS) is 19.4. The number of nitrogens with zero attached hydrogens (tertiary/aromatic N) is 1. The maximum Gasteiger partial charge on any atom is 0.138 e. The Morgan fingerprint density at radius 3 is 2.56 bits per heavy atom. The zero-order chi connectivity index (χ0) is 13.2. The first-order chi connectivity index (χ1) is 8.57. The Hall–Kier alpha value is -1.13. The third-order valence-electron chi connectivity index (χ3n) is 3.64. The molecule has 1 atom stereocenters. The second-order valence-corrected chi connectivity index (χ2v) is 5.22. The van der Waals surface area contributed by atoms with Crippen LogP contribution in [0.4, 0.5) is 0 Å². The van der Waals surface area contributed by atoms with E-state index in [2.05, 4.69) is 4.98 Å². The summed E-state index contributed by atoms with van der Waals surface area (Å²) in [5.41, 5.74) is 7.10. The van der Waals surface area contributed by atoms with E-state index in [4.69, 9.17) is 15.2 Å². The van der Waals surface area contributed by atoms with E-state index in [9.17, 15) is 0 Å². The van der Waals surface area contributed by atoms with Crippen molar-refractivity contribution in [3.05, 3.63) is 24.0 Å². The van der Waals surface area contributed by atoms with Gasteiger partial charge in [-0.25, -0.2) is 0 Å². The maximum absolute atomic E-state index is 6.32. The van der Waals surface area contributed by atoms with Gasteiger partial charge < -0.3 is 15.2 Å². The van der Waals surface area contributed by atoms with E-state index in [-0.39, 0.29) is 17.7 Å². The summed E-state index contributed by atoms with van der Waals surface area (Å²) in [4.78, 5) is 4.20. The van der Waals surface area contributed by atoms with Gasteiger partial charge in [0.2, 0.25) is 0 Å². The fraction of sp³-hybridized carbons (Fsp3) is 0.643. The molecule has 1 aromatic heterocycles. The molecule has 1 saturated carbocycles. The second kappa shape index (κ2) is 5.24. The predicted octanol–water partition coefficient (Wildman–Crippen LogP) is 2.44. The highest BCUT2D eigenvalue weighted by molar-refractivity contribution is 5.28. The number of methoxy groups -OCH3 is 1. The standard InChI is InChI=1S/C14H22N2O2/c1-10(2)18-12-7-11(8-16-9-12)13(15)14(17-3)5-4-6-14/h7-10,13H,4-6,15H2,1-3H3. The van der Waals surface area contributed by atoms with Gasteiger partial charge in [0.1, 0.15) is 5.75 Å². The van der Waals surface area contributed by atoms with Gasteiger partial charge in [-0.3, -0.25) is 4.98 Å². The van der Waals surface area contributed by atoms with Crippen LogP contribution in [-0.4, -0.2) is 23.8 Å². The number of nitrogens with two attached hydrogens (primary N) is 1. The molecule has 0 spiro atoms. The Labute approximate surface area is 108 Å². The Morgan fingerprint density at radius 1 is 1.33 bits per heavy atom. The Kier molecular flexibility index (Phi) is 3.88. The van der Waals surface area contributed by atoms with Crippen molar-refractivity contribution < 1.29 is 9.47 Å². The Morgan fingerprint density at radius 2 is 2.06 bits per heavy atom. The van der Waals surface area contributed by atoms with Gasteiger partial charge >= 0.3 is 0 Å². The lowest BCUT2D eigenvalue weighted by Gasteiger charge is -2.45. The van der Waals surface area contributed by atoms with E-state index in [1.807, 2.05) is 19.9 Å². The monoisotopic (exact) mass is 250 g/mol.